The number of Topliss-reactive ketones (excluding diaryl/α,β-unsaturated/α-hetero) is 1. The molecule has 0 spiro atoms. The molecule has 1 heterocycles. The molecule has 0 N–H and O–H groups in total. The summed E-state index contributed by atoms with van der Waals surface area (Å²) in [4.78, 5) is 39.8. The molecule has 5 nitrogen and oxygen atoms in total. The number of halogens is 3. The molecule has 140 valence electrons. The van der Waals surface area contributed by atoms with Crippen LogP contribution in [0.3, 0.4) is 0 Å². The van der Waals surface area contributed by atoms with Crippen molar-refractivity contribution >= 4 is 17.6 Å². The Bertz CT molecular complexity index is 721. The van der Waals surface area contributed by atoms with Gasteiger partial charge in [-0.15, -0.1) is 0 Å². The molecule has 0 aromatic heterocycles. The maximum absolute atomic E-state index is 12.8. The second-order valence-corrected chi connectivity index (χ2v) is 6.65. The van der Waals surface area contributed by atoms with E-state index in [-0.39, 0.29) is 30.5 Å². The summed E-state index contributed by atoms with van der Waals surface area (Å²) < 4.78 is 38.3. The van der Waals surface area contributed by atoms with Crippen LogP contribution in [0.4, 0.5) is 13.2 Å². The Balaban J connectivity index is 1.61. The minimum atomic E-state index is -4.58. The Labute approximate surface area is 148 Å². The van der Waals surface area contributed by atoms with E-state index < -0.39 is 23.4 Å². The van der Waals surface area contributed by atoms with Gasteiger partial charge < -0.3 is 9.80 Å². The lowest BCUT2D eigenvalue weighted by Gasteiger charge is -2.38. The standard InChI is InChI=1S/C18H19F3N2O3/c19-18(20,21)14-6-2-5-13(11-14)15(24)17(26)23-9-7-22(8-10-23)16(25)12-3-1-4-12/h2,5-6,11-12H,1,3-4,7-10H2. The summed E-state index contributed by atoms with van der Waals surface area (Å²) in [6.45, 7) is 1.11. The molecule has 1 aliphatic carbocycles. The maximum Gasteiger partial charge on any atom is 0.416 e. The second-order valence-electron chi connectivity index (χ2n) is 6.65. The van der Waals surface area contributed by atoms with Crippen molar-refractivity contribution in [2.45, 2.75) is 25.4 Å². The zero-order chi connectivity index (χ0) is 18.9. The molecule has 26 heavy (non-hydrogen) atoms. The van der Waals surface area contributed by atoms with Crippen LogP contribution < -0.4 is 0 Å². The van der Waals surface area contributed by atoms with Crippen molar-refractivity contribution in [2.24, 2.45) is 5.92 Å². The van der Waals surface area contributed by atoms with Crippen molar-refractivity contribution in [2.75, 3.05) is 26.2 Å². The van der Waals surface area contributed by atoms with Gasteiger partial charge in [0.05, 0.1) is 5.56 Å². The minimum absolute atomic E-state index is 0.0731. The number of alkyl halides is 3. The molecule has 8 heteroatoms. The van der Waals surface area contributed by atoms with Crippen molar-refractivity contribution in [3.63, 3.8) is 0 Å². The third-order valence-corrected chi connectivity index (χ3v) is 4.98. The Morgan fingerprint density at radius 3 is 2.12 bits per heavy atom. The monoisotopic (exact) mass is 368 g/mol. The lowest BCUT2D eigenvalue weighted by molar-refractivity contribution is -0.142. The van der Waals surface area contributed by atoms with Crippen molar-refractivity contribution in [3.05, 3.63) is 35.4 Å². The molecule has 2 aliphatic rings. The van der Waals surface area contributed by atoms with Crippen molar-refractivity contribution in [3.8, 4) is 0 Å². The molecule has 1 aromatic rings. The first-order valence-electron chi connectivity index (χ1n) is 8.57. The van der Waals surface area contributed by atoms with Gasteiger partial charge in [-0.3, -0.25) is 14.4 Å². The van der Waals surface area contributed by atoms with Crippen LogP contribution in [-0.2, 0) is 15.8 Å². The fraction of sp³-hybridized carbons (Fsp3) is 0.500. The van der Waals surface area contributed by atoms with Crippen LogP contribution in [-0.4, -0.2) is 53.6 Å². The highest BCUT2D eigenvalue weighted by Crippen LogP contribution is 2.30. The summed E-state index contributed by atoms with van der Waals surface area (Å²) in [5.74, 6) is -1.63. The number of piperazine rings is 1. The van der Waals surface area contributed by atoms with Crippen LogP contribution in [0.5, 0.6) is 0 Å². The molecule has 2 amide bonds. The van der Waals surface area contributed by atoms with Crippen LogP contribution in [0.15, 0.2) is 24.3 Å². The number of carbonyl (C=O) groups excluding carboxylic acids is 3. The summed E-state index contributed by atoms with van der Waals surface area (Å²) >= 11 is 0. The largest absolute Gasteiger partial charge is 0.416 e. The number of ketones is 1. The Kier molecular flexibility index (Phi) is 5.02. The highest BCUT2D eigenvalue weighted by Gasteiger charge is 2.34. The smallest absolute Gasteiger partial charge is 0.339 e. The van der Waals surface area contributed by atoms with Crippen molar-refractivity contribution in [1.82, 2.24) is 9.80 Å². The number of amides is 2. The zero-order valence-electron chi connectivity index (χ0n) is 14.1. The first kappa shape index (κ1) is 18.4. The van der Waals surface area contributed by atoms with Gasteiger partial charge in [0.25, 0.3) is 5.91 Å². The number of benzene rings is 1. The van der Waals surface area contributed by atoms with Gasteiger partial charge >= 0.3 is 6.18 Å². The summed E-state index contributed by atoms with van der Waals surface area (Å²) in [6, 6.07) is 3.85. The summed E-state index contributed by atoms with van der Waals surface area (Å²) in [6.07, 6.45) is -1.73. The van der Waals surface area contributed by atoms with E-state index in [0.717, 1.165) is 31.4 Å². The molecule has 1 aromatic carbocycles. The quantitative estimate of drug-likeness (QED) is 0.608. The number of rotatable bonds is 3. The topological polar surface area (TPSA) is 57.7 Å². The van der Waals surface area contributed by atoms with E-state index in [2.05, 4.69) is 0 Å². The molecule has 1 aliphatic heterocycles. The van der Waals surface area contributed by atoms with Gasteiger partial charge in [0, 0.05) is 37.7 Å². The predicted octanol–water partition coefficient (Wildman–Crippen LogP) is 2.36. The number of carbonyl (C=O) groups is 3. The number of hydrogen-bond donors (Lipinski definition) is 0. The first-order valence-corrected chi connectivity index (χ1v) is 8.57. The maximum atomic E-state index is 12.8. The lowest BCUT2D eigenvalue weighted by atomic mass is 9.84. The third kappa shape index (κ3) is 3.73. The average Bonchev–Trinajstić information content (AvgIpc) is 2.58. The molecule has 0 unspecified atom stereocenters. The molecular weight excluding hydrogens is 349 g/mol. The lowest BCUT2D eigenvalue weighted by Crippen LogP contribution is -2.53. The van der Waals surface area contributed by atoms with Gasteiger partial charge in [-0.2, -0.15) is 13.2 Å². The van der Waals surface area contributed by atoms with Gasteiger partial charge in [0.1, 0.15) is 0 Å². The fourth-order valence-electron chi connectivity index (χ4n) is 3.15. The number of hydrogen-bond acceptors (Lipinski definition) is 3. The van der Waals surface area contributed by atoms with E-state index in [4.69, 9.17) is 0 Å². The molecule has 0 bridgehead atoms. The van der Waals surface area contributed by atoms with Crippen LogP contribution >= 0.6 is 0 Å². The number of nitrogens with zero attached hydrogens (tertiary/aromatic N) is 2. The molecular formula is C18H19F3N2O3. The second kappa shape index (κ2) is 7.09. The highest BCUT2D eigenvalue weighted by atomic mass is 19.4. The van der Waals surface area contributed by atoms with Crippen LogP contribution in [0.25, 0.3) is 0 Å². The summed E-state index contributed by atoms with van der Waals surface area (Å²) in [5, 5.41) is 0. The predicted molar refractivity (Wildman–Crippen MR) is 86.3 cm³/mol. The van der Waals surface area contributed by atoms with Crippen LogP contribution in [0.1, 0.15) is 35.2 Å². The van der Waals surface area contributed by atoms with Gasteiger partial charge in [-0.25, -0.2) is 0 Å². The molecule has 0 radical (unpaired) electrons. The van der Waals surface area contributed by atoms with Crippen molar-refractivity contribution < 1.29 is 27.6 Å². The van der Waals surface area contributed by atoms with E-state index in [1.54, 1.807) is 4.90 Å². The van der Waals surface area contributed by atoms with Gasteiger partial charge in [-0.05, 0) is 25.0 Å². The summed E-state index contributed by atoms with van der Waals surface area (Å²) in [7, 11) is 0. The average molecular weight is 368 g/mol. The van der Waals surface area contributed by atoms with Gasteiger partial charge in [-0.1, -0.05) is 18.6 Å². The Morgan fingerprint density at radius 1 is 0.962 bits per heavy atom. The molecule has 0 atom stereocenters. The molecule has 2 fully saturated rings. The zero-order valence-corrected chi connectivity index (χ0v) is 14.1. The molecule has 1 saturated carbocycles. The minimum Gasteiger partial charge on any atom is -0.339 e. The van der Waals surface area contributed by atoms with E-state index in [0.29, 0.717) is 19.2 Å². The van der Waals surface area contributed by atoms with E-state index >= 15 is 0 Å². The fourth-order valence-corrected chi connectivity index (χ4v) is 3.15. The third-order valence-electron chi connectivity index (χ3n) is 4.98. The van der Waals surface area contributed by atoms with E-state index in [1.165, 1.54) is 11.0 Å². The SMILES string of the molecule is O=C(C(=O)N1CCN(C(=O)C2CCC2)CC1)c1cccc(C(F)(F)F)c1. The van der Waals surface area contributed by atoms with Crippen molar-refractivity contribution in [1.29, 1.82) is 0 Å². The van der Waals surface area contributed by atoms with E-state index in [9.17, 15) is 27.6 Å². The normalized spacial score (nSPS) is 18.4. The Hall–Kier alpha value is -2.38. The summed E-state index contributed by atoms with van der Waals surface area (Å²) in [5.41, 5.74) is -1.25. The van der Waals surface area contributed by atoms with Crippen LogP contribution in [0, 0.1) is 5.92 Å². The molecule has 3 rings (SSSR count). The van der Waals surface area contributed by atoms with Gasteiger partial charge in [0.15, 0.2) is 0 Å². The van der Waals surface area contributed by atoms with Gasteiger partial charge in [0.2, 0.25) is 11.7 Å². The van der Waals surface area contributed by atoms with E-state index in [1.807, 2.05) is 0 Å². The van der Waals surface area contributed by atoms with Crippen LogP contribution in [0.2, 0.25) is 0 Å². The molecule has 1 saturated heterocycles. The first-order chi connectivity index (χ1) is 12.3. The Morgan fingerprint density at radius 2 is 1.58 bits per heavy atom. The highest BCUT2D eigenvalue weighted by molar-refractivity contribution is 6.42.